The number of ether oxygens (including phenoxy) is 5. The number of nitrogens with zero attached hydrogens (tertiary/aromatic N) is 5. The fourth-order valence-corrected chi connectivity index (χ4v) is 10.4. The van der Waals surface area contributed by atoms with Gasteiger partial charge in [-0.25, -0.2) is 4.79 Å². The third-order valence-electron chi connectivity index (χ3n) is 13.8. The van der Waals surface area contributed by atoms with Crippen LogP contribution in [-0.2, 0) is 39.8 Å². The van der Waals surface area contributed by atoms with Crippen LogP contribution in [0.1, 0.15) is 93.9 Å². The molecule has 1 amide bonds. The van der Waals surface area contributed by atoms with E-state index in [4.69, 9.17) is 29.4 Å². The zero-order valence-corrected chi connectivity index (χ0v) is 38.1. The summed E-state index contributed by atoms with van der Waals surface area (Å²) in [5.74, 6) is -3.28. The Morgan fingerprint density at radius 2 is 1.81 bits per heavy atom. The zero-order valence-electron chi connectivity index (χ0n) is 38.1. The lowest BCUT2D eigenvalue weighted by atomic mass is 9.78. The van der Waals surface area contributed by atoms with Crippen molar-refractivity contribution in [1.82, 2.24) is 30.1 Å². The number of aliphatic hydroxyl groups is 2. The van der Waals surface area contributed by atoms with Gasteiger partial charge in [0.15, 0.2) is 17.7 Å². The maximum Gasteiger partial charge on any atom is 0.410 e. The van der Waals surface area contributed by atoms with E-state index in [-0.39, 0.29) is 24.1 Å². The summed E-state index contributed by atoms with van der Waals surface area (Å²) < 4.78 is 33.5. The summed E-state index contributed by atoms with van der Waals surface area (Å²) in [6.07, 6.45) is -0.0154. The number of amides is 1. The van der Waals surface area contributed by atoms with Crippen molar-refractivity contribution in [2.24, 2.45) is 17.8 Å². The first-order chi connectivity index (χ1) is 29.4. The number of nitrogens with one attached hydrogen (secondary N) is 1. The summed E-state index contributed by atoms with van der Waals surface area (Å²) in [6, 6.07) is 6.33. The fraction of sp³-hybridized carbons (Fsp3) is 0.756. The fourth-order valence-electron chi connectivity index (χ4n) is 10.4. The highest BCUT2D eigenvalue weighted by Crippen LogP contribution is 2.40. The SMILES string of the molecule is CC[C@H]1OC(=O)[C@H](C)C(=O)[C@H](C)[C@@H](O[C@@H]2O[C@H](C)CC(N3CC[C@@H](O)C3)C2O)[C@](C)(OC)C[C@@H](C)CN[C@H](C)[C@H]2N(CCCCn3cc(-c4cccc(N)c4)nn3)C(=O)O[C@]12C. The van der Waals surface area contributed by atoms with Crippen LogP contribution in [0.15, 0.2) is 30.5 Å². The lowest BCUT2D eigenvalue weighted by Crippen LogP contribution is -2.61. The molecule has 0 bridgehead atoms. The molecule has 0 saturated carbocycles. The van der Waals surface area contributed by atoms with E-state index in [0.29, 0.717) is 76.9 Å². The number of nitrogens with two attached hydrogens (primary N) is 1. The van der Waals surface area contributed by atoms with Gasteiger partial charge < -0.3 is 44.9 Å². The van der Waals surface area contributed by atoms with Crippen LogP contribution in [0.3, 0.4) is 0 Å². The molecule has 5 N–H and O–H groups in total. The summed E-state index contributed by atoms with van der Waals surface area (Å²) in [4.78, 5) is 46.2. The second-order valence-corrected chi connectivity index (χ2v) is 18.8. The van der Waals surface area contributed by atoms with Gasteiger partial charge in [-0.2, -0.15) is 0 Å². The Labute approximate surface area is 366 Å². The average Bonchev–Trinajstić information content (AvgIpc) is 3.96. The lowest BCUT2D eigenvalue weighted by molar-refractivity contribution is -0.296. The van der Waals surface area contributed by atoms with Crippen molar-refractivity contribution < 1.29 is 48.3 Å². The second-order valence-electron chi connectivity index (χ2n) is 18.8. The molecule has 6 rings (SSSR count). The monoisotopic (exact) mass is 870 g/mol. The summed E-state index contributed by atoms with van der Waals surface area (Å²) >= 11 is 0. The van der Waals surface area contributed by atoms with Crippen LogP contribution in [0.5, 0.6) is 0 Å². The van der Waals surface area contributed by atoms with Crippen molar-refractivity contribution in [2.75, 3.05) is 39.0 Å². The minimum Gasteiger partial charge on any atom is -0.458 e. The van der Waals surface area contributed by atoms with E-state index >= 15 is 0 Å². The van der Waals surface area contributed by atoms with Gasteiger partial charge >= 0.3 is 12.1 Å². The Kier molecular flexibility index (Phi) is 15.4. The number of hydrogen-bond acceptors (Lipinski definition) is 15. The van der Waals surface area contributed by atoms with Gasteiger partial charge in [0.25, 0.3) is 0 Å². The molecule has 2 unspecified atom stereocenters. The van der Waals surface area contributed by atoms with Crippen LogP contribution in [0.4, 0.5) is 10.5 Å². The number of nitrogen functional groups attached to an aromatic ring is 1. The molecule has 2 aromatic rings. The number of anilines is 1. The number of ketones is 1. The number of likely N-dealkylation sites (tertiary alicyclic amines) is 1. The summed E-state index contributed by atoms with van der Waals surface area (Å²) in [5, 5.41) is 34.3. The number of unbranched alkanes of at least 4 members (excludes halogenated alkanes) is 1. The minimum atomic E-state index is -1.25. The van der Waals surface area contributed by atoms with E-state index in [9.17, 15) is 24.6 Å². The van der Waals surface area contributed by atoms with E-state index in [0.717, 1.165) is 11.3 Å². The molecule has 62 heavy (non-hydrogen) atoms. The van der Waals surface area contributed by atoms with Crippen molar-refractivity contribution in [3.63, 3.8) is 0 Å². The molecule has 0 spiro atoms. The number of carbonyl (C=O) groups is 3. The quantitative estimate of drug-likeness (QED) is 0.110. The number of Topliss-reactive ketones (excluding diaryl/α,β-unsaturated/α-hetero) is 1. The molecule has 5 heterocycles. The third kappa shape index (κ3) is 10.3. The van der Waals surface area contributed by atoms with Gasteiger partial charge in [-0.3, -0.25) is 24.1 Å². The Hall–Kier alpha value is -3.71. The van der Waals surface area contributed by atoms with Gasteiger partial charge in [-0.05, 0) is 97.7 Å². The number of hydrogen-bond donors (Lipinski definition) is 4. The van der Waals surface area contributed by atoms with Crippen LogP contribution in [0, 0.1) is 17.8 Å². The summed E-state index contributed by atoms with van der Waals surface area (Å²) in [5.41, 5.74) is 5.89. The minimum absolute atomic E-state index is 0.0363. The molecule has 0 radical (unpaired) electrons. The van der Waals surface area contributed by atoms with Crippen molar-refractivity contribution in [3.8, 4) is 11.3 Å². The van der Waals surface area contributed by atoms with Crippen LogP contribution < -0.4 is 11.1 Å². The molecular weight excluding hydrogens is 799 g/mol. The third-order valence-corrected chi connectivity index (χ3v) is 13.8. The van der Waals surface area contributed by atoms with Gasteiger partial charge in [0.2, 0.25) is 0 Å². The molecule has 1 aromatic carbocycles. The highest BCUT2D eigenvalue weighted by atomic mass is 16.7. The van der Waals surface area contributed by atoms with Gasteiger partial charge in [0.05, 0.1) is 36.2 Å². The highest BCUT2D eigenvalue weighted by Gasteiger charge is 2.59. The van der Waals surface area contributed by atoms with E-state index in [1.54, 1.807) is 23.6 Å². The summed E-state index contributed by atoms with van der Waals surface area (Å²) in [7, 11) is 1.58. The number of aromatic nitrogens is 3. The second kappa shape index (κ2) is 20.0. The first-order valence-corrected chi connectivity index (χ1v) is 22.6. The molecule has 4 saturated heterocycles. The largest absolute Gasteiger partial charge is 0.458 e. The Bertz CT molecular complexity index is 1850. The smallest absolute Gasteiger partial charge is 0.410 e. The molecule has 4 fully saturated rings. The molecular formula is C45H71N7O10. The van der Waals surface area contributed by atoms with Crippen molar-refractivity contribution in [2.45, 2.75) is 167 Å². The van der Waals surface area contributed by atoms with E-state index in [1.165, 1.54) is 6.92 Å². The number of aliphatic hydroxyl groups excluding tert-OH is 2. The van der Waals surface area contributed by atoms with E-state index in [1.807, 2.05) is 65.1 Å². The number of rotatable bonds is 11. The molecule has 4 aliphatic rings. The average molecular weight is 870 g/mol. The standard InChI is InChI=1S/C45H71N7O10/c1-10-36-45(8)39(52(43(57)62-45)18-12-11-17-51-25-34(48-49-51)31-14-13-15-32(46)21-31)30(6)47-23-26(2)22-44(7,58-9)40(28(4)37(54)29(5)41(56)60-36)61-42-38(55)35(20-27(3)59-42)50-19-16-33(53)24-50/h13-15,21,25-30,33,35-36,38-40,42,47,53,55H,10-12,16-20,22-24,46H2,1-9H3/t26-,27-,28+,29-,30-,33-,35?,36-,38?,39-,40-,42+,44-,45-/m1/s1. The van der Waals surface area contributed by atoms with Gasteiger partial charge in [-0.1, -0.05) is 38.1 Å². The predicted octanol–water partition coefficient (Wildman–Crippen LogP) is 3.79. The van der Waals surface area contributed by atoms with Crippen molar-refractivity contribution >= 4 is 23.5 Å². The maximum absolute atomic E-state index is 14.5. The number of fused-ring (bicyclic) bond motifs is 1. The van der Waals surface area contributed by atoms with E-state index in [2.05, 4.69) is 27.5 Å². The number of carbonyl (C=O) groups excluding carboxylic acids is 3. The van der Waals surface area contributed by atoms with Crippen molar-refractivity contribution in [1.29, 1.82) is 0 Å². The number of cyclic esters (lactones) is 1. The normalized spacial score (nSPS) is 38.0. The van der Waals surface area contributed by atoms with Crippen LogP contribution in [0.2, 0.25) is 0 Å². The summed E-state index contributed by atoms with van der Waals surface area (Å²) in [6.45, 7) is 17.4. The molecule has 14 atom stereocenters. The first-order valence-electron chi connectivity index (χ1n) is 22.6. The van der Waals surface area contributed by atoms with E-state index < -0.39 is 77.6 Å². The van der Waals surface area contributed by atoms with Crippen LogP contribution in [0.25, 0.3) is 11.3 Å². The van der Waals surface area contributed by atoms with Crippen LogP contribution >= 0.6 is 0 Å². The molecule has 1 aromatic heterocycles. The molecule has 0 aliphatic carbocycles. The zero-order chi connectivity index (χ0) is 45.1. The molecule has 4 aliphatic heterocycles. The van der Waals surface area contributed by atoms with Gasteiger partial charge in [0.1, 0.15) is 23.8 Å². The number of esters is 1. The molecule has 17 heteroatoms. The number of benzene rings is 1. The number of methoxy groups -OCH3 is 1. The number of β-amino-alcohol motifs (C(OH)–C–C–N with tert-alkyl or cyclic N) is 1. The highest BCUT2D eigenvalue weighted by molar-refractivity contribution is 6.00. The maximum atomic E-state index is 14.5. The van der Waals surface area contributed by atoms with Crippen molar-refractivity contribution in [3.05, 3.63) is 30.5 Å². The molecule has 17 nitrogen and oxygen atoms in total. The first kappa shape index (κ1) is 47.8. The Morgan fingerprint density at radius 1 is 1.06 bits per heavy atom. The lowest BCUT2D eigenvalue weighted by Gasteiger charge is -2.47. The molecule has 346 valence electrons. The predicted molar refractivity (Wildman–Crippen MR) is 230 cm³/mol. The Balaban J connectivity index is 1.21. The Morgan fingerprint density at radius 3 is 2.48 bits per heavy atom. The van der Waals surface area contributed by atoms with Gasteiger partial charge in [-0.15, -0.1) is 5.10 Å². The number of aryl methyl sites for hydroxylation is 1. The van der Waals surface area contributed by atoms with Gasteiger partial charge in [0, 0.05) is 62.5 Å². The van der Waals surface area contributed by atoms with Crippen LogP contribution in [-0.4, -0.2) is 152 Å². The topological polar surface area (TPSA) is 213 Å².